The van der Waals surface area contributed by atoms with E-state index in [4.69, 9.17) is 10.00 Å². The Labute approximate surface area is 202 Å². The van der Waals surface area contributed by atoms with Gasteiger partial charge in [0.25, 0.3) is 0 Å². The van der Waals surface area contributed by atoms with Crippen molar-refractivity contribution in [3.8, 4) is 11.1 Å². The number of alkyl halides is 2. The molecule has 2 aliphatic rings. The van der Waals surface area contributed by atoms with Crippen LogP contribution in [0.5, 0.6) is 5.06 Å². The molecule has 1 saturated heterocycles. The molecular weight excluding hydrogens is 480 g/mol. The van der Waals surface area contributed by atoms with Gasteiger partial charge in [-0.15, -0.1) is 0 Å². The maximum atomic E-state index is 13.6. The number of thiophene rings is 1. The first-order chi connectivity index (χ1) is 16.7. The van der Waals surface area contributed by atoms with Crippen LogP contribution in [-0.4, -0.2) is 55.4 Å². The number of aromatic nitrogens is 3. The second-order valence-corrected chi connectivity index (χ2v) is 9.81. The van der Waals surface area contributed by atoms with Crippen molar-refractivity contribution in [3.05, 3.63) is 30.7 Å². The summed E-state index contributed by atoms with van der Waals surface area (Å²) in [7, 11) is 0. The molecule has 4 heterocycles. The van der Waals surface area contributed by atoms with E-state index in [0.717, 1.165) is 11.3 Å². The van der Waals surface area contributed by atoms with E-state index in [-0.39, 0.29) is 29.5 Å². The van der Waals surface area contributed by atoms with Gasteiger partial charge >= 0.3 is 11.9 Å². The van der Waals surface area contributed by atoms with Crippen LogP contribution >= 0.6 is 11.3 Å². The van der Waals surface area contributed by atoms with Gasteiger partial charge in [-0.2, -0.15) is 14.0 Å². The van der Waals surface area contributed by atoms with Gasteiger partial charge in [-0.3, -0.25) is 9.78 Å². The lowest BCUT2D eigenvalue weighted by atomic mass is 10.0. The Hall–Kier alpha value is -3.43. The maximum Gasteiger partial charge on any atom is 0.387 e. The lowest BCUT2D eigenvalue weighted by molar-refractivity contribution is -0.154. The highest BCUT2D eigenvalue weighted by atomic mass is 32.1. The van der Waals surface area contributed by atoms with Crippen molar-refractivity contribution in [2.45, 2.75) is 49.7 Å². The van der Waals surface area contributed by atoms with Crippen LogP contribution in [0.25, 0.3) is 21.3 Å². The predicted molar refractivity (Wildman–Crippen MR) is 122 cm³/mol. The Morgan fingerprint density at radius 1 is 1.43 bits per heavy atom. The molecule has 3 aromatic rings. The van der Waals surface area contributed by atoms with Crippen molar-refractivity contribution >= 4 is 44.5 Å². The van der Waals surface area contributed by atoms with Gasteiger partial charge in [0.1, 0.15) is 23.4 Å². The second-order valence-electron chi connectivity index (χ2n) is 8.80. The first-order valence-corrected chi connectivity index (χ1v) is 11.9. The lowest BCUT2D eigenvalue weighted by Gasteiger charge is -2.34. The number of carbonyl (C=O) groups is 2. The summed E-state index contributed by atoms with van der Waals surface area (Å²) in [5, 5.41) is 19.9. The number of esters is 1. The van der Waals surface area contributed by atoms with Crippen molar-refractivity contribution in [3.63, 3.8) is 0 Å². The number of likely N-dealkylation sites (tertiary alicyclic amines) is 1. The van der Waals surface area contributed by atoms with Crippen molar-refractivity contribution in [2.24, 2.45) is 0 Å². The standard InChI is InChI=1S/C23H21F2N5O4S/c1-2-23(24,25)21(32)34-17-10-14-19(35-17)18-15(11-27-14)28-20(22(33)6-7-22)30(18)13-4-3-9-29(12-13)16(31)5-8-26/h2,10-11,13,33H,1,3-7,9,12H2/t13-/m0/s1. The van der Waals surface area contributed by atoms with Crippen molar-refractivity contribution < 1.29 is 28.2 Å². The molecule has 12 heteroatoms. The first-order valence-electron chi connectivity index (χ1n) is 11.1. The van der Waals surface area contributed by atoms with Gasteiger partial charge in [-0.25, -0.2) is 9.78 Å². The molecule has 1 amide bonds. The van der Waals surface area contributed by atoms with E-state index in [0.29, 0.717) is 65.8 Å². The molecule has 1 saturated carbocycles. The SMILES string of the molecule is C=CC(F)(F)C(=O)Oc1cc2ncc3nc(C4(O)CC4)n([C@H]4CCCN(C(=O)CC#N)C4)c3c2s1. The van der Waals surface area contributed by atoms with Gasteiger partial charge in [0.2, 0.25) is 5.91 Å². The monoisotopic (exact) mass is 501 g/mol. The lowest BCUT2D eigenvalue weighted by Crippen LogP contribution is -2.41. The normalized spacial score (nSPS) is 19.5. The number of amides is 1. The molecule has 182 valence electrons. The molecule has 0 radical (unpaired) electrons. The number of imidazole rings is 1. The number of nitrogens with zero attached hydrogens (tertiary/aromatic N) is 5. The second kappa shape index (κ2) is 8.35. The molecule has 2 fully saturated rings. The Bertz CT molecular complexity index is 1400. The molecule has 35 heavy (non-hydrogen) atoms. The highest BCUT2D eigenvalue weighted by molar-refractivity contribution is 7.21. The molecule has 1 N–H and O–H groups in total. The molecule has 0 bridgehead atoms. The van der Waals surface area contributed by atoms with E-state index in [1.165, 1.54) is 12.3 Å². The molecule has 0 spiro atoms. The number of hydrogen-bond acceptors (Lipinski definition) is 8. The predicted octanol–water partition coefficient (Wildman–Crippen LogP) is 3.43. The summed E-state index contributed by atoms with van der Waals surface area (Å²) in [4.78, 5) is 34.9. The summed E-state index contributed by atoms with van der Waals surface area (Å²) in [6, 6.07) is 3.07. The Morgan fingerprint density at radius 3 is 2.89 bits per heavy atom. The maximum absolute atomic E-state index is 13.6. The van der Waals surface area contributed by atoms with E-state index < -0.39 is 17.5 Å². The average molecular weight is 502 g/mol. The number of rotatable bonds is 6. The number of aliphatic hydroxyl groups is 1. The number of piperidine rings is 1. The molecule has 0 unspecified atom stereocenters. The number of nitriles is 1. The molecule has 1 aliphatic carbocycles. The summed E-state index contributed by atoms with van der Waals surface area (Å²) in [5.74, 6) is -5.36. The fourth-order valence-electron chi connectivity index (χ4n) is 4.41. The zero-order valence-corrected chi connectivity index (χ0v) is 19.4. The smallest absolute Gasteiger partial charge is 0.387 e. The number of halogens is 2. The van der Waals surface area contributed by atoms with Crippen LogP contribution in [-0.2, 0) is 15.2 Å². The summed E-state index contributed by atoms with van der Waals surface area (Å²) in [6.45, 7) is 3.85. The zero-order chi connectivity index (χ0) is 25.0. The Kier molecular flexibility index (Phi) is 5.56. The highest BCUT2D eigenvalue weighted by Crippen LogP contribution is 2.48. The van der Waals surface area contributed by atoms with Crippen molar-refractivity contribution in [1.82, 2.24) is 19.4 Å². The van der Waals surface area contributed by atoms with E-state index >= 15 is 0 Å². The van der Waals surface area contributed by atoms with Crippen LogP contribution in [0.4, 0.5) is 8.78 Å². The van der Waals surface area contributed by atoms with Crippen molar-refractivity contribution in [2.75, 3.05) is 13.1 Å². The van der Waals surface area contributed by atoms with Crippen LogP contribution in [0, 0.1) is 11.3 Å². The number of hydrogen-bond donors (Lipinski definition) is 1. The van der Waals surface area contributed by atoms with E-state index in [2.05, 4.69) is 16.5 Å². The van der Waals surface area contributed by atoms with E-state index in [1.54, 1.807) is 4.90 Å². The van der Waals surface area contributed by atoms with Gasteiger partial charge in [0.05, 0.1) is 34.0 Å². The Balaban J connectivity index is 1.61. The largest absolute Gasteiger partial charge is 0.411 e. The van der Waals surface area contributed by atoms with Gasteiger partial charge in [-0.1, -0.05) is 17.9 Å². The number of carbonyl (C=O) groups excluding carboxylic acids is 2. The quantitative estimate of drug-likeness (QED) is 0.406. The molecule has 9 nitrogen and oxygen atoms in total. The molecular formula is C23H21F2N5O4S. The third-order valence-electron chi connectivity index (χ3n) is 6.38. The third-order valence-corrected chi connectivity index (χ3v) is 7.38. The molecule has 1 aliphatic heterocycles. The highest BCUT2D eigenvalue weighted by Gasteiger charge is 2.48. The molecule has 1 atom stereocenters. The Morgan fingerprint density at radius 2 is 2.20 bits per heavy atom. The fourth-order valence-corrected chi connectivity index (χ4v) is 5.42. The van der Waals surface area contributed by atoms with Crippen LogP contribution in [0.3, 0.4) is 0 Å². The van der Waals surface area contributed by atoms with Crippen LogP contribution in [0.1, 0.15) is 44.0 Å². The number of pyridine rings is 1. The summed E-state index contributed by atoms with van der Waals surface area (Å²) in [5.41, 5.74) is 0.469. The summed E-state index contributed by atoms with van der Waals surface area (Å²) >= 11 is 0.980. The fraction of sp³-hybridized carbons (Fsp3) is 0.435. The van der Waals surface area contributed by atoms with Gasteiger partial charge < -0.3 is 19.3 Å². The molecule has 3 aromatic heterocycles. The first kappa shape index (κ1) is 23.3. The zero-order valence-electron chi connectivity index (χ0n) is 18.5. The minimum Gasteiger partial charge on any atom is -0.411 e. The van der Waals surface area contributed by atoms with Crippen molar-refractivity contribution in [1.29, 1.82) is 5.26 Å². The van der Waals surface area contributed by atoms with E-state index in [9.17, 15) is 23.5 Å². The molecule has 5 rings (SSSR count). The van der Waals surface area contributed by atoms with Gasteiger partial charge in [0, 0.05) is 19.2 Å². The van der Waals surface area contributed by atoms with Crippen LogP contribution < -0.4 is 4.74 Å². The van der Waals surface area contributed by atoms with Gasteiger partial charge in [-0.05, 0) is 31.8 Å². The van der Waals surface area contributed by atoms with Crippen LogP contribution in [0.2, 0.25) is 0 Å². The van der Waals surface area contributed by atoms with Crippen LogP contribution in [0.15, 0.2) is 24.9 Å². The molecule has 0 aromatic carbocycles. The summed E-state index contributed by atoms with van der Waals surface area (Å²) < 4.78 is 34.7. The average Bonchev–Trinajstić information content (AvgIpc) is 3.27. The third kappa shape index (κ3) is 4.04. The van der Waals surface area contributed by atoms with Gasteiger partial charge in [0.15, 0.2) is 5.06 Å². The van der Waals surface area contributed by atoms with E-state index in [1.807, 2.05) is 10.6 Å². The number of fused-ring (bicyclic) bond motifs is 3. The topological polar surface area (TPSA) is 121 Å². The summed E-state index contributed by atoms with van der Waals surface area (Å²) in [6.07, 6.45) is 4.05. The minimum atomic E-state index is -3.83. The number of ether oxygens (including phenoxy) is 1. The minimum absolute atomic E-state index is 0.0552.